The minimum absolute atomic E-state index is 0.136. The molecule has 120 valence electrons. The highest BCUT2D eigenvalue weighted by Crippen LogP contribution is 2.11. The van der Waals surface area contributed by atoms with Crippen LogP contribution in [0.5, 0.6) is 0 Å². The fourth-order valence-electron chi connectivity index (χ4n) is 2.04. The van der Waals surface area contributed by atoms with Crippen LogP contribution in [0.15, 0.2) is 36.9 Å². The molecular weight excluding hydrogens is 296 g/mol. The van der Waals surface area contributed by atoms with Gasteiger partial charge in [-0.15, -0.1) is 5.10 Å². The van der Waals surface area contributed by atoms with E-state index in [1.54, 1.807) is 31.3 Å². The fourth-order valence-corrected chi connectivity index (χ4v) is 2.04. The number of nitrogens with zero attached hydrogens (tertiary/aromatic N) is 4. The smallest absolute Gasteiger partial charge is 0.247 e. The molecule has 0 saturated heterocycles. The second-order valence-electron chi connectivity index (χ2n) is 5.02. The number of nitrogens with one attached hydrogen (secondary N) is 2. The summed E-state index contributed by atoms with van der Waals surface area (Å²) in [6, 6.07) is 6.76. The molecule has 23 heavy (non-hydrogen) atoms. The number of benzene rings is 1. The molecule has 0 saturated carbocycles. The molecule has 1 aromatic carbocycles. The standard InChI is InChI=1S/C15H18N6O2/c1-4-13(22)17-12-7-5-11(6-8-12)9-14(23)16-10(2)15-18-19-20-21(15)3/h4-8,10H,1,9H2,2-3H3,(H,16,23)(H,17,22). The van der Waals surface area contributed by atoms with E-state index in [1.807, 2.05) is 6.92 Å². The van der Waals surface area contributed by atoms with E-state index >= 15 is 0 Å². The van der Waals surface area contributed by atoms with Gasteiger partial charge in [0.25, 0.3) is 0 Å². The summed E-state index contributed by atoms with van der Waals surface area (Å²) in [6.07, 6.45) is 1.43. The van der Waals surface area contributed by atoms with Crippen LogP contribution in [0.1, 0.15) is 24.4 Å². The number of amides is 2. The second kappa shape index (κ2) is 7.30. The van der Waals surface area contributed by atoms with Crippen LogP contribution in [0.25, 0.3) is 0 Å². The molecular formula is C15H18N6O2. The van der Waals surface area contributed by atoms with Gasteiger partial charge in [-0.25, -0.2) is 4.68 Å². The van der Waals surface area contributed by atoms with Gasteiger partial charge >= 0.3 is 0 Å². The average molecular weight is 314 g/mol. The Kier molecular flexibility index (Phi) is 5.19. The molecule has 0 bridgehead atoms. The van der Waals surface area contributed by atoms with Crippen molar-refractivity contribution >= 4 is 17.5 Å². The molecule has 0 aliphatic rings. The lowest BCUT2D eigenvalue weighted by atomic mass is 10.1. The van der Waals surface area contributed by atoms with Gasteiger partial charge in [-0.1, -0.05) is 18.7 Å². The molecule has 0 aliphatic carbocycles. The highest BCUT2D eigenvalue weighted by atomic mass is 16.2. The van der Waals surface area contributed by atoms with Crippen molar-refractivity contribution in [1.29, 1.82) is 0 Å². The molecule has 2 amide bonds. The Bertz CT molecular complexity index is 707. The molecule has 1 heterocycles. The van der Waals surface area contributed by atoms with Crippen molar-refractivity contribution in [3.8, 4) is 0 Å². The number of aryl methyl sites for hydroxylation is 1. The summed E-state index contributed by atoms with van der Waals surface area (Å²) < 4.78 is 1.52. The topological polar surface area (TPSA) is 102 Å². The Morgan fingerprint density at radius 1 is 1.35 bits per heavy atom. The number of tetrazole rings is 1. The molecule has 8 nitrogen and oxygen atoms in total. The zero-order chi connectivity index (χ0) is 16.8. The molecule has 0 fully saturated rings. The third-order valence-electron chi connectivity index (χ3n) is 3.19. The molecule has 0 radical (unpaired) electrons. The normalized spacial score (nSPS) is 11.6. The van der Waals surface area contributed by atoms with Crippen molar-refractivity contribution in [1.82, 2.24) is 25.5 Å². The minimum Gasteiger partial charge on any atom is -0.346 e. The van der Waals surface area contributed by atoms with Crippen LogP contribution in [0, 0.1) is 0 Å². The van der Waals surface area contributed by atoms with Gasteiger partial charge in [-0.05, 0) is 41.1 Å². The number of carbonyl (C=O) groups is 2. The molecule has 2 aromatic rings. The average Bonchev–Trinajstić information content (AvgIpc) is 2.95. The molecule has 1 aromatic heterocycles. The van der Waals surface area contributed by atoms with Crippen molar-refractivity contribution in [2.24, 2.45) is 7.05 Å². The third-order valence-corrected chi connectivity index (χ3v) is 3.19. The van der Waals surface area contributed by atoms with Gasteiger partial charge < -0.3 is 10.6 Å². The van der Waals surface area contributed by atoms with Gasteiger partial charge in [0, 0.05) is 12.7 Å². The van der Waals surface area contributed by atoms with Crippen LogP contribution in [0.3, 0.4) is 0 Å². The van der Waals surface area contributed by atoms with Gasteiger partial charge in [-0.3, -0.25) is 9.59 Å². The molecule has 0 spiro atoms. The van der Waals surface area contributed by atoms with E-state index in [9.17, 15) is 9.59 Å². The Morgan fingerprint density at radius 2 is 2.04 bits per heavy atom. The summed E-state index contributed by atoms with van der Waals surface area (Å²) in [7, 11) is 1.72. The van der Waals surface area contributed by atoms with Gasteiger partial charge in [0.15, 0.2) is 5.82 Å². The molecule has 8 heteroatoms. The summed E-state index contributed by atoms with van der Waals surface area (Å²) in [5.41, 5.74) is 1.49. The number of hydrogen-bond donors (Lipinski definition) is 2. The summed E-state index contributed by atoms with van der Waals surface area (Å²) >= 11 is 0. The second-order valence-corrected chi connectivity index (χ2v) is 5.02. The lowest BCUT2D eigenvalue weighted by Gasteiger charge is -2.12. The van der Waals surface area contributed by atoms with E-state index in [1.165, 1.54) is 10.8 Å². The van der Waals surface area contributed by atoms with Crippen molar-refractivity contribution in [3.05, 3.63) is 48.3 Å². The Balaban J connectivity index is 1.91. The van der Waals surface area contributed by atoms with Crippen LogP contribution >= 0.6 is 0 Å². The number of rotatable bonds is 6. The highest BCUT2D eigenvalue weighted by Gasteiger charge is 2.15. The Morgan fingerprint density at radius 3 is 2.61 bits per heavy atom. The number of anilines is 1. The van der Waals surface area contributed by atoms with Crippen LogP contribution < -0.4 is 10.6 Å². The highest BCUT2D eigenvalue weighted by molar-refractivity contribution is 5.98. The van der Waals surface area contributed by atoms with E-state index in [2.05, 4.69) is 32.7 Å². The van der Waals surface area contributed by atoms with Crippen molar-refractivity contribution in [2.45, 2.75) is 19.4 Å². The van der Waals surface area contributed by atoms with Crippen molar-refractivity contribution in [2.75, 3.05) is 5.32 Å². The van der Waals surface area contributed by atoms with Crippen LogP contribution in [0.2, 0.25) is 0 Å². The van der Waals surface area contributed by atoms with Gasteiger partial charge in [0.05, 0.1) is 12.5 Å². The Hall–Kier alpha value is -3.03. The van der Waals surface area contributed by atoms with Gasteiger partial charge in [-0.2, -0.15) is 0 Å². The predicted octanol–water partition coefficient (Wildman–Crippen LogP) is 0.754. The molecule has 1 atom stereocenters. The largest absolute Gasteiger partial charge is 0.346 e. The zero-order valence-electron chi connectivity index (χ0n) is 13.0. The van der Waals surface area contributed by atoms with E-state index in [0.717, 1.165) is 5.56 Å². The number of carbonyl (C=O) groups excluding carboxylic acids is 2. The first-order valence-corrected chi connectivity index (χ1v) is 7.03. The maximum Gasteiger partial charge on any atom is 0.247 e. The first-order chi connectivity index (χ1) is 11.0. The molecule has 2 rings (SSSR count). The van der Waals surface area contributed by atoms with Crippen molar-refractivity contribution < 1.29 is 9.59 Å². The van der Waals surface area contributed by atoms with E-state index in [0.29, 0.717) is 11.5 Å². The summed E-state index contributed by atoms with van der Waals surface area (Å²) in [5, 5.41) is 16.6. The van der Waals surface area contributed by atoms with Crippen molar-refractivity contribution in [3.63, 3.8) is 0 Å². The number of aromatic nitrogens is 4. The molecule has 1 unspecified atom stereocenters. The third kappa shape index (κ3) is 4.47. The number of hydrogen-bond acceptors (Lipinski definition) is 5. The van der Waals surface area contributed by atoms with Gasteiger partial charge in [0.2, 0.25) is 11.8 Å². The fraction of sp³-hybridized carbons (Fsp3) is 0.267. The summed E-state index contributed by atoms with van der Waals surface area (Å²) in [5.74, 6) is 0.172. The van der Waals surface area contributed by atoms with Gasteiger partial charge in [0.1, 0.15) is 0 Å². The maximum absolute atomic E-state index is 12.1. The lowest BCUT2D eigenvalue weighted by Crippen LogP contribution is -2.29. The van der Waals surface area contributed by atoms with E-state index in [4.69, 9.17) is 0 Å². The summed E-state index contributed by atoms with van der Waals surface area (Å²) in [6.45, 7) is 5.20. The monoisotopic (exact) mass is 314 g/mol. The SMILES string of the molecule is C=CC(=O)Nc1ccc(CC(=O)NC(C)c2nnnn2C)cc1. The summed E-state index contributed by atoms with van der Waals surface area (Å²) in [4.78, 5) is 23.3. The minimum atomic E-state index is -0.284. The van der Waals surface area contributed by atoms with Crippen LogP contribution in [-0.2, 0) is 23.1 Å². The maximum atomic E-state index is 12.1. The predicted molar refractivity (Wildman–Crippen MR) is 84.3 cm³/mol. The van der Waals surface area contributed by atoms with Crippen LogP contribution in [0.4, 0.5) is 5.69 Å². The zero-order valence-corrected chi connectivity index (χ0v) is 13.0. The Labute approximate surface area is 133 Å². The van der Waals surface area contributed by atoms with Crippen LogP contribution in [-0.4, -0.2) is 32.0 Å². The van der Waals surface area contributed by atoms with E-state index in [-0.39, 0.29) is 24.3 Å². The first kappa shape index (κ1) is 16.3. The van der Waals surface area contributed by atoms with E-state index < -0.39 is 0 Å². The molecule has 2 N–H and O–H groups in total. The first-order valence-electron chi connectivity index (χ1n) is 7.03. The quantitative estimate of drug-likeness (QED) is 0.766. The molecule has 0 aliphatic heterocycles. The lowest BCUT2D eigenvalue weighted by molar-refractivity contribution is -0.121.